The summed E-state index contributed by atoms with van der Waals surface area (Å²) in [7, 11) is 0. The zero-order valence-electron chi connectivity index (χ0n) is 12.4. The third-order valence-electron chi connectivity index (χ3n) is 3.49. The van der Waals surface area contributed by atoms with Gasteiger partial charge in [-0.2, -0.15) is 8.78 Å². The molecule has 1 atom stereocenters. The molecule has 0 spiro atoms. The molecule has 0 fully saturated rings. The number of ether oxygens (including phenoxy) is 1. The highest BCUT2D eigenvalue weighted by atomic mass is 19.3. The molecule has 0 heterocycles. The Balaban J connectivity index is 2.04. The molecule has 0 amide bonds. The minimum absolute atomic E-state index is 0.131. The molecule has 2 aromatic carbocycles. The van der Waals surface area contributed by atoms with E-state index >= 15 is 0 Å². The maximum Gasteiger partial charge on any atom is 0.387 e. The van der Waals surface area contributed by atoms with E-state index in [9.17, 15) is 8.78 Å². The fourth-order valence-corrected chi connectivity index (χ4v) is 2.10. The predicted octanol–water partition coefficient (Wildman–Crippen LogP) is 5.08. The van der Waals surface area contributed by atoms with E-state index in [1.54, 1.807) is 12.1 Å². The fraction of sp³-hybridized carbons (Fsp3) is 0.294. The van der Waals surface area contributed by atoms with Gasteiger partial charge in [-0.3, -0.25) is 0 Å². The number of hydrogen-bond acceptors (Lipinski definition) is 2. The molecule has 0 aliphatic heterocycles. The number of benzene rings is 2. The molecule has 2 nitrogen and oxygen atoms in total. The van der Waals surface area contributed by atoms with Crippen molar-refractivity contribution in [2.75, 3.05) is 5.32 Å². The van der Waals surface area contributed by atoms with Crippen LogP contribution >= 0.6 is 0 Å². The fourth-order valence-electron chi connectivity index (χ4n) is 2.10. The van der Waals surface area contributed by atoms with Crippen molar-refractivity contribution in [3.63, 3.8) is 0 Å². The SMILES string of the molecule is Cc1ccc(C(C)Nc2ccc(OC(F)F)cc2)cc1C. The Bertz CT molecular complexity index is 596. The van der Waals surface area contributed by atoms with Gasteiger partial charge >= 0.3 is 6.61 Å². The van der Waals surface area contributed by atoms with Gasteiger partial charge in [-0.25, -0.2) is 0 Å². The number of halogens is 2. The van der Waals surface area contributed by atoms with Crippen LogP contribution in [0, 0.1) is 13.8 Å². The van der Waals surface area contributed by atoms with Crippen LogP contribution < -0.4 is 10.1 Å². The molecule has 2 aromatic rings. The van der Waals surface area contributed by atoms with Crippen LogP contribution in [0.5, 0.6) is 5.75 Å². The molecule has 1 N–H and O–H groups in total. The molecule has 4 heteroatoms. The molecule has 0 bridgehead atoms. The number of nitrogens with one attached hydrogen (secondary N) is 1. The lowest BCUT2D eigenvalue weighted by Crippen LogP contribution is -2.07. The van der Waals surface area contributed by atoms with Gasteiger partial charge in [0.1, 0.15) is 5.75 Å². The molecular formula is C17H19F2NO. The molecule has 1 unspecified atom stereocenters. The highest BCUT2D eigenvalue weighted by Crippen LogP contribution is 2.23. The van der Waals surface area contributed by atoms with Gasteiger partial charge in [-0.15, -0.1) is 0 Å². The van der Waals surface area contributed by atoms with Crippen molar-refractivity contribution in [2.45, 2.75) is 33.4 Å². The molecule has 112 valence electrons. The largest absolute Gasteiger partial charge is 0.435 e. The van der Waals surface area contributed by atoms with E-state index in [1.165, 1.54) is 28.8 Å². The Kier molecular flexibility index (Phi) is 4.78. The highest BCUT2D eigenvalue weighted by Gasteiger charge is 2.08. The van der Waals surface area contributed by atoms with Crippen LogP contribution in [0.4, 0.5) is 14.5 Å². The van der Waals surface area contributed by atoms with Crippen molar-refractivity contribution >= 4 is 5.69 Å². The summed E-state index contributed by atoms with van der Waals surface area (Å²) in [4.78, 5) is 0. The average molecular weight is 291 g/mol. The zero-order chi connectivity index (χ0) is 15.4. The lowest BCUT2D eigenvalue weighted by Gasteiger charge is -2.17. The number of hydrogen-bond donors (Lipinski definition) is 1. The Morgan fingerprint density at radius 3 is 2.19 bits per heavy atom. The number of rotatable bonds is 5. The number of alkyl halides is 2. The standard InChI is InChI=1S/C17H19F2NO/c1-11-4-5-14(10-12(11)2)13(3)20-15-6-8-16(9-7-15)21-17(18)19/h4-10,13,17,20H,1-3H3. The quantitative estimate of drug-likeness (QED) is 0.829. The summed E-state index contributed by atoms with van der Waals surface area (Å²) < 4.78 is 28.5. The van der Waals surface area contributed by atoms with Gasteiger partial charge in [0.2, 0.25) is 0 Å². The van der Waals surface area contributed by atoms with Crippen LogP contribution in [-0.2, 0) is 0 Å². The van der Waals surface area contributed by atoms with Gasteiger partial charge in [-0.05, 0) is 61.7 Å². The summed E-state index contributed by atoms with van der Waals surface area (Å²) >= 11 is 0. The predicted molar refractivity (Wildman–Crippen MR) is 81.0 cm³/mol. The second-order valence-corrected chi connectivity index (χ2v) is 5.11. The summed E-state index contributed by atoms with van der Waals surface area (Å²) in [5.41, 5.74) is 4.56. The van der Waals surface area contributed by atoms with Crippen molar-refractivity contribution < 1.29 is 13.5 Å². The monoisotopic (exact) mass is 291 g/mol. The molecule has 0 saturated heterocycles. The molecule has 0 saturated carbocycles. The molecule has 0 aliphatic carbocycles. The molecular weight excluding hydrogens is 272 g/mol. The first kappa shape index (κ1) is 15.3. The first-order valence-corrected chi connectivity index (χ1v) is 6.84. The summed E-state index contributed by atoms with van der Waals surface area (Å²) in [6, 6.07) is 13.0. The van der Waals surface area contributed by atoms with E-state index in [4.69, 9.17) is 0 Å². The molecule has 0 radical (unpaired) electrons. The van der Waals surface area contributed by atoms with Crippen molar-refractivity contribution in [1.29, 1.82) is 0 Å². The summed E-state index contributed by atoms with van der Waals surface area (Å²) in [6.07, 6.45) is 0. The summed E-state index contributed by atoms with van der Waals surface area (Å²) in [5.74, 6) is 0.161. The average Bonchev–Trinajstić information content (AvgIpc) is 2.43. The van der Waals surface area contributed by atoms with Crippen LogP contribution in [-0.4, -0.2) is 6.61 Å². The van der Waals surface area contributed by atoms with Crippen LogP contribution in [0.3, 0.4) is 0 Å². The van der Waals surface area contributed by atoms with Crippen LogP contribution in [0.25, 0.3) is 0 Å². The van der Waals surface area contributed by atoms with Crippen molar-refractivity contribution in [1.82, 2.24) is 0 Å². The van der Waals surface area contributed by atoms with Crippen LogP contribution in [0.2, 0.25) is 0 Å². The first-order valence-electron chi connectivity index (χ1n) is 6.84. The first-order chi connectivity index (χ1) is 9.95. The second-order valence-electron chi connectivity index (χ2n) is 5.11. The molecule has 0 aliphatic rings. The highest BCUT2D eigenvalue weighted by molar-refractivity contribution is 5.48. The van der Waals surface area contributed by atoms with Gasteiger partial charge in [0.25, 0.3) is 0 Å². The topological polar surface area (TPSA) is 21.3 Å². The minimum atomic E-state index is -2.79. The molecule has 21 heavy (non-hydrogen) atoms. The lowest BCUT2D eigenvalue weighted by molar-refractivity contribution is -0.0498. The normalized spacial score (nSPS) is 12.3. The van der Waals surface area contributed by atoms with E-state index in [0.29, 0.717) is 0 Å². The van der Waals surface area contributed by atoms with Crippen molar-refractivity contribution in [3.05, 3.63) is 59.2 Å². The third-order valence-corrected chi connectivity index (χ3v) is 3.49. The van der Waals surface area contributed by atoms with Gasteiger partial charge in [0.05, 0.1) is 0 Å². The zero-order valence-corrected chi connectivity index (χ0v) is 12.4. The van der Waals surface area contributed by atoms with Gasteiger partial charge in [0, 0.05) is 11.7 Å². The molecule has 0 aromatic heterocycles. The lowest BCUT2D eigenvalue weighted by atomic mass is 10.0. The Labute approximate surface area is 123 Å². The van der Waals surface area contributed by atoms with Gasteiger partial charge in [0.15, 0.2) is 0 Å². The van der Waals surface area contributed by atoms with E-state index in [-0.39, 0.29) is 11.8 Å². The van der Waals surface area contributed by atoms with Crippen LogP contribution in [0.1, 0.15) is 29.7 Å². The minimum Gasteiger partial charge on any atom is -0.435 e. The Morgan fingerprint density at radius 2 is 1.62 bits per heavy atom. The van der Waals surface area contributed by atoms with E-state index < -0.39 is 6.61 Å². The van der Waals surface area contributed by atoms with Crippen molar-refractivity contribution in [3.8, 4) is 5.75 Å². The number of aryl methyl sites for hydroxylation is 2. The summed E-state index contributed by atoms with van der Waals surface area (Å²) in [6.45, 7) is 3.44. The Hall–Kier alpha value is -2.10. The second kappa shape index (κ2) is 6.57. The maximum atomic E-state index is 12.1. The van der Waals surface area contributed by atoms with E-state index in [1.807, 2.05) is 0 Å². The number of anilines is 1. The van der Waals surface area contributed by atoms with Crippen molar-refractivity contribution in [2.24, 2.45) is 0 Å². The Morgan fingerprint density at radius 1 is 0.952 bits per heavy atom. The summed E-state index contributed by atoms with van der Waals surface area (Å²) in [5, 5.41) is 3.34. The smallest absolute Gasteiger partial charge is 0.387 e. The van der Waals surface area contributed by atoms with E-state index in [2.05, 4.69) is 49.0 Å². The van der Waals surface area contributed by atoms with E-state index in [0.717, 1.165) is 5.69 Å². The van der Waals surface area contributed by atoms with Gasteiger partial charge < -0.3 is 10.1 Å². The third kappa shape index (κ3) is 4.18. The molecule has 2 rings (SSSR count). The maximum absolute atomic E-state index is 12.1. The van der Waals surface area contributed by atoms with Crippen LogP contribution in [0.15, 0.2) is 42.5 Å². The van der Waals surface area contributed by atoms with Gasteiger partial charge in [-0.1, -0.05) is 18.2 Å².